The van der Waals surface area contributed by atoms with Crippen molar-refractivity contribution < 1.29 is 13.5 Å². The molecule has 0 radical (unpaired) electrons. The van der Waals surface area contributed by atoms with E-state index in [1.165, 1.54) is 21.3 Å². The van der Waals surface area contributed by atoms with E-state index in [0.29, 0.717) is 31.9 Å². The molecule has 3 rings (SSSR count). The van der Waals surface area contributed by atoms with Gasteiger partial charge in [-0.1, -0.05) is 0 Å². The van der Waals surface area contributed by atoms with E-state index in [4.69, 9.17) is 0 Å². The van der Waals surface area contributed by atoms with E-state index in [-0.39, 0.29) is 11.6 Å². The van der Waals surface area contributed by atoms with Gasteiger partial charge in [0, 0.05) is 19.6 Å². The lowest BCUT2D eigenvalue weighted by atomic mass is 10.2. The zero-order chi connectivity index (χ0) is 18.2. The molecule has 1 aliphatic rings. The average molecular weight is 368 g/mol. The molecule has 0 fully saturated rings. The van der Waals surface area contributed by atoms with Crippen molar-refractivity contribution in [2.45, 2.75) is 37.7 Å². The molecular weight excluding hydrogens is 344 g/mol. The molecule has 2 aromatic heterocycles. The number of aliphatic hydroxyl groups excluding tert-OH is 1. The monoisotopic (exact) mass is 368 g/mol. The number of rotatable bonds is 6. The zero-order valence-electron chi connectivity index (χ0n) is 14.7. The lowest BCUT2D eigenvalue weighted by Gasteiger charge is -2.26. The largest absolute Gasteiger partial charge is 0.385 e. The van der Waals surface area contributed by atoms with Crippen LogP contribution in [-0.4, -0.2) is 69.5 Å². The first-order chi connectivity index (χ1) is 11.8. The van der Waals surface area contributed by atoms with E-state index >= 15 is 0 Å². The van der Waals surface area contributed by atoms with Gasteiger partial charge < -0.3 is 10.0 Å². The van der Waals surface area contributed by atoms with Gasteiger partial charge in [-0.15, -0.1) is 0 Å². The van der Waals surface area contributed by atoms with Crippen LogP contribution in [0.1, 0.15) is 24.4 Å². The Bertz CT molecular complexity index is 841. The molecule has 9 nitrogen and oxygen atoms in total. The Morgan fingerprint density at radius 2 is 2.12 bits per heavy atom. The van der Waals surface area contributed by atoms with Crippen LogP contribution in [0.2, 0.25) is 0 Å². The summed E-state index contributed by atoms with van der Waals surface area (Å²) >= 11 is 0. The Kier molecular flexibility index (Phi) is 4.96. The van der Waals surface area contributed by atoms with E-state index in [0.717, 1.165) is 5.69 Å². The summed E-state index contributed by atoms with van der Waals surface area (Å²) in [6.45, 7) is 3.86. The van der Waals surface area contributed by atoms with Gasteiger partial charge in [0.1, 0.15) is 6.10 Å². The molecule has 2 aromatic rings. The van der Waals surface area contributed by atoms with Gasteiger partial charge in [-0.3, -0.25) is 9.36 Å². The molecule has 1 aliphatic heterocycles. The lowest BCUT2D eigenvalue weighted by molar-refractivity contribution is 0.133. The van der Waals surface area contributed by atoms with E-state index < -0.39 is 16.1 Å². The maximum Gasteiger partial charge on any atom is 0.260 e. The summed E-state index contributed by atoms with van der Waals surface area (Å²) in [5, 5.41) is 18.9. The molecule has 0 saturated carbocycles. The third-order valence-electron chi connectivity index (χ3n) is 4.24. The highest BCUT2D eigenvalue weighted by Crippen LogP contribution is 2.23. The van der Waals surface area contributed by atoms with Crippen LogP contribution in [0, 0.1) is 0 Å². The maximum absolute atomic E-state index is 12.9. The number of aryl methyl sites for hydroxylation is 1. The smallest absolute Gasteiger partial charge is 0.260 e. The first kappa shape index (κ1) is 18.1. The molecule has 0 amide bonds. The van der Waals surface area contributed by atoms with Crippen LogP contribution < -0.4 is 0 Å². The fourth-order valence-corrected chi connectivity index (χ4v) is 4.55. The van der Waals surface area contributed by atoms with Gasteiger partial charge in [0.2, 0.25) is 0 Å². The molecule has 0 aromatic carbocycles. The van der Waals surface area contributed by atoms with Crippen molar-refractivity contribution >= 4 is 10.0 Å². The normalized spacial score (nSPS) is 17.0. The minimum atomic E-state index is -3.61. The van der Waals surface area contributed by atoms with E-state index in [2.05, 4.69) is 10.2 Å². The van der Waals surface area contributed by atoms with Crippen LogP contribution in [0.5, 0.6) is 0 Å². The van der Waals surface area contributed by atoms with Crippen LogP contribution >= 0.6 is 0 Å². The minimum absolute atomic E-state index is 0.204. The predicted octanol–water partition coefficient (Wildman–Crippen LogP) is -0.101. The summed E-state index contributed by atoms with van der Waals surface area (Å²) in [5.74, 6) is 0. The second-order valence-electron chi connectivity index (χ2n) is 6.39. The first-order valence-corrected chi connectivity index (χ1v) is 9.68. The number of aromatic nitrogens is 4. The van der Waals surface area contributed by atoms with Crippen molar-refractivity contribution in [2.24, 2.45) is 0 Å². The van der Waals surface area contributed by atoms with Crippen LogP contribution in [0.4, 0.5) is 0 Å². The SMILES string of the molecule is CCn1nccc1S(=O)(=O)N1CCn2nc(C(O)CN(C)C)cc2C1. The molecule has 1 atom stereocenters. The number of hydrogen-bond acceptors (Lipinski definition) is 6. The van der Waals surface area contributed by atoms with Crippen molar-refractivity contribution in [1.29, 1.82) is 0 Å². The van der Waals surface area contributed by atoms with Crippen molar-refractivity contribution in [1.82, 2.24) is 28.8 Å². The summed E-state index contributed by atoms with van der Waals surface area (Å²) in [6, 6.07) is 3.31. The second-order valence-corrected chi connectivity index (χ2v) is 8.27. The topological polar surface area (TPSA) is 96.5 Å². The van der Waals surface area contributed by atoms with E-state index in [9.17, 15) is 13.5 Å². The maximum atomic E-state index is 12.9. The summed E-state index contributed by atoms with van der Waals surface area (Å²) in [6.07, 6.45) is 0.806. The third kappa shape index (κ3) is 3.47. The fraction of sp³-hybridized carbons (Fsp3) is 0.600. The summed E-state index contributed by atoms with van der Waals surface area (Å²) in [5.41, 5.74) is 1.35. The highest BCUT2D eigenvalue weighted by atomic mass is 32.2. The Morgan fingerprint density at radius 3 is 2.80 bits per heavy atom. The number of nitrogens with zero attached hydrogens (tertiary/aromatic N) is 6. The lowest BCUT2D eigenvalue weighted by Crippen LogP contribution is -2.39. The summed E-state index contributed by atoms with van der Waals surface area (Å²) in [4.78, 5) is 1.88. The van der Waals surface area contributed by atoms with Crippen LogP contribution in [0.3, 0.4) is 0 Å². The standard InChI is InChI=1S/C15H24N6O3S/c1-4-20-15(5-6-16-20)25(23,24)19-7-8-21-12(10-19)9-13(17-21)14(22)11-18(2)3/h5-6,9,14,22H,4,7-8,10-11H2,1-3H3. The quantitative estimate of drug-likeness (QED) is 0.765. The van der Waals surface area contributed by atoms with Gasteiger partial charge in [-0.2, -0.15) is 14.5 Å². The Hall–Kier alpha value is -1.75. The molecular formula is C15H24N6O3S. The number of fused-ring (bicyclic) bond motifs is 1. The van der Waals surface area contributed by atoms with Gasteiger partial charge in [0.15, 0.2) is 5.03 Å². The van der Waals surface area contributed by atoms with E-state index in [1.807, 2.05) is 25.9 Å². The van der Waals surface area contributed by atoms with Crippen molar-refractivity contribution in [3.05, 3.63) is 29.7 Å². The number of sulfonamides is 1. The van der Waals surface area contributed by atoms with Crippen molar-refractivity contribution in [3.63, 3.8) is 0 Å². The van der Waals surface area contributed by atoms with Crippen molar-refractivity contribution in [2.75, 3.05) is 27.2 Å². The highest BCUT2D eigenvalue weighted by molar-refractivity contribution is 7.89. The summed E-state index contributed by atoms with van der Waals surface area (Å²) < 4.78 is 30.5. The number of likely N-dealkylation sites (N-methyl/N-ethyl adjacent to an activating group) is 1. The highest BCUT2D eigenvalue weighted by Gasteiger charge is 2.32. The Balaban J connectivity index is 1.82. The molecule has 3 heterocycles. The van der Waals surface area contributed by atoms with Crippen LogP contribution in [-0.2, 0) is 29.7 Å². The van der Waals surface area contributed by atoms with Gasteiger partial charge in [-0.05, 0) is 33.2 Å². The number of aliphatic hydroxyl groups is 1. The molecule has 138 valence electrons. The van der Waals surface area contributed by atoms with Gasteiger partial charge >= 0.3 is 0 Å². The van der Waals surface area contributed by atoms with Crippen LogP contribution in [0.25, 0.3) is 0 Å². The first-order valence-electron chi connectivity index (χ1n) is 8.24. The van der Waals surface area contributed by atoms with Gasteiger partial charge in [0.25, 0.3) is 10.0 Å². The predicted molar refractivity (Wildman–Crippen MR) is 91.2 cm³/mol. The van der Waals surface area contributed by atoms with E-state index in [1.54, 1.807) is 10.7 Å². The molecule has 0 saturated heterocycles. The van der Waals surface area contributed by atoms with Gasteiger partial charge in [-0.25, -0.2) is 8.42 Å². The zero-order valence-corrected chi connectivity index (χ0v) is 15.5. The Morgan fingerprint density at radius 1 is 1.36 bits per heavy atom. The van der Waals surface area contributed by atoms with Crippen molar-refractivity contribution in [3.8, 4) is 0 Å². The molecule has 0 spiro atoms. The molecule has 10 heteroatoms. The molecule has 1 unspecified atom stereocenters. The third-order valence-corrected chi connectivity index (χ3v) is 6.11. The molecule has 1 N–H and O–H groups in total. The molecule has 0 aliphatic carbocycles. The Labute approximate surface area is 147 Å². The average Bonchev–Trinajstić information content (AvgIpc) is 3.20. The van der Waals surface area contributed by atoms with Gasteiger partial charge in [0.05, 0.1) is 30.7 Å². The van der Waals surface area contributed by atoms with Crippen LogP contribution in [0.15, 0.2) is 23.4 Å². The number of hydrogen-bond donors (Lipinski definition) is 1. The molecule has 25 heavy (non-hydrogen) atoms. The fourth-order valence-electron chi connectivity index (χ4n) is 2.98. The summed E-state index contributed by atoms with van der Waals surface area (Å²) in [7, 11) is 0.147. The second kappa shape index (κ2) is 6.87. The molecule has 0 bridgehead atoms. The minimum Gasteiger partial charge on any atom is -0.385 e.